The molecule has 1 atom stereocenters. The first-order valence-corrected chi connectivity index (χ1v) is 6.45. The molecular weight excluding hydrogens is 224 g/mol. The summed E-state index contributed by atoms with van der Waals surface area (Å²) in [5.74, 6) is 5.24. The van der Waals surface area contributed by atoms with E-state index in [1.807, 2.05) is 37.3 Å². The molecule has 3 nitrogen and oxygen atoms in total. The lowest BCUT2D eigenvalue weighted by Crippen LogP contribution is -2.47. The zero-order valence-corrected chi connectivity index (χ0v) is 10.8. The molecule has 0 aliphatic heterocycles. The fourth-order valence-corrected chi connectivity index (χ4v) is 2.67. The summed E-state index contributed by atoms with van der Waals surface area (Å²) < 4.78 is 0. The summed E-state index contributed by atoms with van der Waals surface area (Å²) in [5.41, 5.74) is 3.86. The van der Waals surface area contributed by atoms with Crippen LogP contribution in [0, 0.1) is 0 Å². The molecule has 2 rings (SSSR count). The lowest BCUT2D eigenvalue weighted by Gasteiger charge is -2.33. The van der Waals surface area contributed by atoms with Gasteiger partial charge in [0.15, 0.2) is 0 Å². The maximum absolute atomic E-state index is 12.3. The number of carbonyl (C=O) groups excluding carboxylic acids is 1. The number of hydrazine groups is 1. The number of hydrogen-bond acceptors (Lipinski definition) is 2. The van der Waals surface area contributed by atoms with Crippen molar-refractivity contribution in [3.8, 4) is 0 Å². The number of rotatable bonds is 3. The topological polar surface area (TPSA) is 55.1 Å². The number of hydrogen-bond donors (Lipinski definition) is 2. The van der Waals surface area contributed by atoms with Gasteiger partial charge in [0, 0.05) is 0 Å². The average Bonchev–Trinajstić information content (AvgIpc) is 2.47. The third-order valence-electron chi connectivity index (χ3n) is 3.87. The highest BCUT2D eigenvalue weighted by molar-refractivity contribution is 5.91. The largest absolute Gasteiger partial charge is 0.293 e. The number of allylic oxidation sites excluding steroid dienone is 1. The summed E-state index contributed by atoms with van der Waals surface area (Å²) in [6.07, 6.45) is 6.57. The Morgan fingerprint density at radius 3 is 2.56 bits per heavy atom. The molecule has 1 aromatic rings. The van der Waals surface area contributed by atoms with Gasteiger partial charge in [-0.15, -0.1) is 0 Å². The Hall–Kier alpha value is -1.61. The summed E-state index contributed by atoms with van der Waals surface area (Å²) >= 11 is 0. The van der Waals surface area contributed by atoms with Crippen molar-refractivity contribution in [3.05, 3.63) is 47.5 Å². The SMILES string of the molecule is CC(C(=O)NN)(C1=CCCCC1)c1ccccc1. The molecule has 1 unspecified atom stereocenters. The predicted molar refractivity (Wildman–Crippen MR) is 72.7 cm³/mol. The molecule has 0 aromatic heterocycles. The van der Waals surface area contributed by atoms with Gasteiger partial charge in [-0.1, -0.05) is 42.0 Å². The van der Waals surface area contributed by atoms with Gasteiger partial charge in [-0.2, -0.15) is 0 Å². The molecule has 96 valence electrons. The second-order valence-corrected chi connectivity index (χ2v) is 4.94. The molecule has 0 radical (unpaired) electrons. The molecule has 1 aliphatic rings. The van der Waals surface area contributed by atoms with Gasteiger partial charge in [0.2, 0.25) is 5.91 Å². The molecule has 18 heavy (non-hydrogen) atoms. The summed E-state index contributed by atoms with van der Waals surface area (Å²) in [4.78, 5) is 12.3. The molecule has 3 heteroatoms. The van der Waals surface area contributed by atoms with Crippen molar-refractivity contribution in [3.63, 3.8) is 0 Å². The molecule has 0 spiro atoms. The van der Waals surface area contributed by atoms with Gasteiger partial charge in [-0.25, -0.2) is 5.84 Å². The van der Waals surface area contributed by atoms with E-state index in [1.165, 1.54) is 12.0 Å². The van der Waals surface area contributed by atoms with E-state index in [9.17, 15) is 4.79 Å². The van der Waals surface area contributed by atoms with Crippen LogP contribution in [-0.4, -0.2) is 5.91 Å². The smallest absolute Gasteiger partial charge is 0.248 e. The van der Waals surface area contributed by atoms with Crippen LogP contribution in [0.2, 0.25) is 0 Å². The maximum Gasteiger partial charge on any atom is 0.248 e. The van der Waals surface area contributed by atoms with Gasteiger partial charge >= 0.3 is 0 Å². The van der Waals surface area contributed by atoms with Crippen LogP contribution < -0.4 is 11.3 Å². The lowest BCUT2D eigenvalue weighted by atomic mass is 9.71. The number of benzene rings is 1. The quantitative estimate of drug-likeness (QED) is 0.371. The highest BCUT2D eigenvalue weighted by atomic mass is 16.2. The Bertz CT molecular complexity index is 453. The van der Waals surface area contributed by atoms with E-state index in [0.29, 0.717) is 0 Å². The van der Waals surface area contributed by atoms with Crippen LogP contribution in [0.15, 0.2) is 42.0 Å². The predicted octanol–water partition coefficient (Wildman–Crippen LogP) is 2.43. The number of nitrogens with two attached hydrogens (primary N) is 1. The Kier molecular flexibility index (Phi) is 3.82. The first-order chi connectivity index (χ1) is 8.69. The van der Waals surface area contributed by atoms with Crippen molar-refractivity contribution >= 4 is 5.91 Å². The monoisotopic (exact) mass is 244 g/mol. The van der Waals surface area contributed by atoms with Crippen molar-refractivity contribution < 1.29 is 4.79 Å². The highest BCUT2D eigenvalue weighted by Gasteiger charge is 2.38. The molecule has 1 aliphatic carbocycles. The third kappa shape index (κ3) is 2.18. The zero-order chi connectivity index (χ0) is 13.0. The minimum Gasteiger partial charge on any atom is -0.293 e. The second kappa shape index (κ2) is 5.36. The zero-order valence-electron chi connectivity index (χ0n) is 10.8. The molecule has 0 saturated heterocycles. The Morgan fingerprint density at radius 2 is 2.00 bits per heavy atom. The standard InChI is InChI=1S/C15H20N2O/c1-15(14(18)17-16,12-8-4-2-5-9-12)13-10-6-3-7-11-13/h2,4-5,8-10H,3,6-7,11,16H2,1H3,(H,17,18). The van der Waals surface area contributed by atoms with E-state index in [4.69, 9.17) is 5.84 Å². The van der Waals surface area contributed by atoms with Gasteiger partial charge in [0.05, 0.1) is 5.41 Å². The first-order valence-electron chi connectivity index (χ1n) is 6.45. The van der Waals surface area contributed by atoms with E-state index in [-0.39, 0.29) is 5.91 Å². The molecule has 0 fully saturated rings. The van der Waals surface area contributed by atoms with E-state index < -0.39 is 5.41 Å². The Labute approximate surface area is 108 Å². The summed E-state index contributed by atoms with van der Waals surface area (Å²) in [5, 5.41) is 0. The van der Waals surface area contributed by atoms with Crippen molar-refractivity contribution in [1.82, 2.24) is 5.43 Å². The summed E-state index contributed by atoms with van der Waals surface area (Å²) in [6, 6.07) is 9.86. The molecule has 1 aromatic carbocycles. The lowest BCUT2D eigenvalue weighted by molar-refractivity contribution is -0.125. The Balaban J connectivity index is 2.47. The average molecular weight is 244 g/mol. The van der Waals surface area contributed by atoms with E-state index in [0.717, 1.165) is 24.8 Å². The van der Waals surface area contributed by atoms with Crippen molar-refractivity contribution in [2.45, 2.75) is 38.0 Å². The second-order valence-electron chi connectivity index (χ2n) is 4.94. The van der Waals surface area contributed by atoms with Crippen LogP contribution in [0.25, 0.3) is 0 Å². The van der Waals surface area contributed by atoms with Crippen molar-refractivity contribution in [1.29, 1.82) is 0 Å². The van der Waals surface area contributed by atoms with Crippen LogP contribution in [0.1, 0.15) is 38.2 Å². The Morgan fingerprint density at radius 1 is 1.28 bits per heavy atom. The van der Waals surface area contributed by atoms with Crippen molar-refractivity contribution in [2.24, 2.45) is 5.84 Å². The molecule has 1 amide bonds. The van der Waals surface area contributed by atoms with Crippen LogP contribution in [0.5, 0.6) is 0 Å². The molecule has 0 heterocycles. The van der Waals surface area contributed by atoms with E-state index >= 15 is 0 Å². The number of nitrogens with one attached hydrogen (secondary N) is 1. The number of carbonyl (C=O) groups is 1. The van der Waals surface area contributed by atoms with E-state index in [2.05, 4.69) is 11.5 Å². The normalized spacial score (nSPS) is 18.7. The minimum atomic E-state index is -0.642. The van der Waals surface area contributed by atoms with Crippen LogP contribution in [0.4, 0.5) is 0 Å². The highest BCUT2D eigenvalue weighted by Crippen LogP contribution is 2.37. The van der Waals surface area contributed by atoms with E-state index in [1.54, 1.807) is 0 Å². The molecule has 0 saturated carbocycles. The fourth-order valence-electron chi connectivity index (χ4n) is 2.67. The van der Waals surface area contributed by atoms with Crippen LogP contribution in [0.3, 0.4) is 0 Å². The first kappa shape index (κ1) is 12.8. The summed E-state index contributed by atoms with van der Waals surface area (Å²) in [7, 11) is 0. The molecular formula is C15H20N2O. The minimum absolute atomic E-state index is 0.137. The maximum atomic E-state index is 12.3. The van der Waals surface area contributed by atoms with Crippen LogP contribution >= 0.6 is 0 Å². The van der Waals surface area contributed by atoms with Gasteiger partial charge in [-0.05, 0) is 38.2 Å². The van der Waals surface area contributed by atoms with Gasteiger partial charge in [-0.3, -0.25) is 10.2 Å². The van der Waals surface area contributed by atoms with Gasteiger partial charge < -0.3 is 0 Å². The third-order valence-corrected chi connectivity index (χ3v) is 3.87. The van der Waals surface area contributed by atoms with Crippen LogP contribution in [-0.2, 0) is 10.2 Å². The number of amides is 1. The van der Waals surface area contributed by atoms with Gasteiger partial charge in [0.25, 0.3) is 0 Å². The van der Waals surface area contributed by atoms with Crippen molar-refractivity contribution in [2.75, 3.05) is 0 Å². The van der Waals surface area contributed by atoms with Gasteiger partial charge in [0.1, 0.15) is 0 Å². The summed E-state index contributed by atoms with van der Waals surface area (Å²) in [6.45, 7) is 1.96. The molecule has 3 N–H and O–H groups in total. The fraction of sp³-hybridized carbons (Fsp3) is 0.400. The molecule has 0 bridgehead atoms.